The third-order valence-corrected chi connectivity index (χ3v) is 2.01. The number of amides is 1. The van der Waals surface area contributed by atoms with Gasteiger partial charge >= 0.3 is 29.6 Å². The number of nitrogens with zero attached hydrogens (tertiary/aromatic N) is 1. The zero-order valence-corrected chi connectivity index (χ0v) is 10.4. The van der Waals surface area contributed by atoms with Crippen LogP contribution in [-0.2, 0) is 9.59 Å². The predicted octanol–water partition coefficient (Wildman–Crippen LogP) is -5.05. The third kappa shape index (κ3) is 4.95. The van der Waals surface area contributed by atoms with Gasteiger partial charge in [-0.1, -0.05) is 0 Å². The van der Waals surface area contributed by atoms with E-state index in [-0.39, 0.29) is 48.3 Å². The van der Waals surface area contributed by atoms with Crippen molar-refractivity contribution < 1.29 is 44.3 Å². The van der Waals surface area contributed by atoms with E-state index in [0.29, 0.717) is 13.1 Å². The topological polar surface area (TPSA) is 72.5 Å². The van der Waals surface area contributed by atoms with Gasteiger partial charge in [0.05, 0.1) is 0 Å². The van der Waals surface area contributed by atoms with Gasteiger partial charge in [-0.25, -0.2) is 0 Å². The van der Waals surface area contributed by atoms with Crippen LogP contribution in [0.15, 0.2) is 0 Å². The van der Waals surface area contributed by atoms with E-state index in [4.69, 9.17) is 0 Å². The van der Waals surface area contributed by atoms with Gasteiger partial charge in [0, 0.05) is 38.6 Å². The molecule has 0 atom stereocenters. The summed E-state index contributed by atoms with van der Waals surface area (Å²) in [4.78, 5) is 23.1. The van der Waals surface area contributed by atoms with Crippen LogP contribution < -0.4 is 40.0 Å². The predicted molar refractivity (Wildman–Crippen MR) is 43.7 cm³/mol. The Morgan fingerprint density at radius 1 is 1.21 bits per heavy atom. The zero-order valence-electron chi connectivity index (χ0n) is 8.41. The molecule has 6 heteroatoms. The summed E-state index contributed by atoms with van der Waals surface area (Å²) in [5, 5.41) is 13.2. The molecule has 1 fully saturated rings. The number of piperazine rings is 1. The Morgan fingerprint density at radius 3 is 2.29 bits per heavy atom. The fourth-order valence-electron chi connectivity index (χ4n) is 1.28. The van der Waals surface area contributed by atoms with Crippen molar-refractivity contribution in [1.29, 1.82) is 0 Å². The molecule has 0 aromatic rings. The first-order chi connectivity index (χ1) is 6.20. The van der Waals surface area contributed by atoms with Crippen molar-refractivity contribution in [3.8, 4) is 0 Å². The second kappa shape index (κ2) is 7.23. The summed E-state index contributed by atoms with van der Waals surface area (Å²) >= 11 is 0. The Labute approximate surface area is 105 Å². The molecule has 0 unspecified atom stereocenters. The Bertz CT molecular complexity index is 205. The summed E-state index contributed by atoms with van der Waals surface area (Å²) in [6.07, 6.45) is -0.120. The number of carboxylic acids is 1. The molecule has 1 saturated heterocycles. The molecule has 14 heavy (non-hydrogen) atoms. The number of hydrogen-bond donors (Lipinski definition) is 1. The molecule has 1 amide bonds. The summed E-state index contributed by atoms with van der Waals surface area (Å²) in [7, 11) is 0. The number of rotatable bonds is 3. The van der Waals surface area contributed by atoms with Crippen molar-refractivity contribution in [1.82, 2.24) is 10.2 Å². The molecule has 1 N–H and O–H groups in total. The average Bonchev–Trinajstić information content (AvgIpc) is 2.15. The summed E-state index contributed by atoms with van der Waals surface area (Å²) in [6.45, 7) is 2.92. The minimum Gasteiger partial charge on any atom is -0.550 e. The van der Waals surface area contributed by atoms with Crippen LogP contribution >= 0.6 is 0 Å². The van der Waals surface area contributed by atoms with Gasteiger partial charge in [0.25, 0.3) is 0 Å². The van der Waals surface area contributed by atoms with Gasteiger partial charge in [0.2, 0.25) is 5.91 Å². The van der Waals surface area contributed by atoms with Crippen molar-refractivity contribution in [3.05, 3.63) is 0 Å². The first kappa shape index (κ1) is 13.9. The number of carbonyl (C=O) groups excluding carboxylic acids is 2. The summed E-state index contributed by atoms with van der Waals surface area (Å²) < 4.78 is 0. The average molecular weight is 208 g/mol. The third-order valence-electron chi connectivity index (χ3n) is 2.01. The maximum atomic E-state index is 11.3. The van der Waals surface area contributed by atoms with E-state index >= 15 is 0 Å². The quantitative estimate of drug-likeness (QED) is 0.471. The van der Waals surface area contributed by atoms with Gasteiger partial charge in [0.1, 0.15) is 0 Å². The van der Waals surface area contributed by atoms with Crippen LogP contribution in [0.3, 0.4) is 0 Å². The van der Waals surface area contributed by atoms with Crippen LogP contribution in [0.4, 0.5) is 0 Å². The molecule has 1 aliphatic heterocycles. The summed E-state index contributed by atoms with van der Waals surface area (Å²) in [5.41, 5.74) is 0. The molecule has 0 spiro atoms. The smallest absolute Gasteiger partial charge is 0.550 e. The van der Waals surface area contributed by atoms with Gasteiger partial charge < -0.3 is 20.1 Å². The minimum absolute atomic E-state index is 0. The van der Waals surface area contributed by atoms with Gasteiger partial charge in [-0.05, 0) is 6.42 Å². The van der Waals surface area contributed by atoms with Gasteiger partial charge in [-0.2, -0.15) is 0 Å². The van der Waals surface area contributed by atoms with Gasteiger partial charge in [0.15, 0.2) is 0 Å². The molecule has 0 aromatic heterocycles. The minimum atomic E-state index is -1.16. The normalized spacial score (nSPS) is 15.9. The Balaban J connectivity index is 0.00000169. The molecule has 0 aromatic carbocycles. The largest absolute Gasteiger partial charge is 1.00 e. The molecule has 1 heterocycles. The molecular formula is C8H13N2NaO3. The molecule has 0 bridgehead atoms. The van der Waals surface area contributed by atoms with E-state index in [1.807, 2.05) is 0 Å². The first-order valence-corrected chi connectivity index (χ1v) is 4.38. The number of carbonyl (C=O) groups is 2. The van der Waals surface area contributed by atoms with E-state index in [1.165, 1.54) is 0 Å². The van der Waals surface area contributed by atoms with E-state index in [9.17, 15) is 14.7 Å². The monoisotopic (exact) mass is 208 g/mol. The molecule has 0 radical (unpaired) electrons. The standard InChI is InChI=1S/C8H14N2O3.Na/c11-7(1-2-8(12)13)10-5-3-9-4-6-10;/h9H,1-6H2,(H,12,13);/q;+1/p-1. The van der Waals surface area contributed by atoms with E-state index < -0.39 is 5.97 Å². The molecular weight excluding hydrogens is 195 g/mol. The van der Waals surface area contributed by atoms with E-state index in [1.54, 1.807) is 4.90 Å². The first-order valence-electron chi connectivity index (χ1n) is 4.38. The second-order valence-electron chi connectivity index (χ2n) is 3.00. The molecule has 0 aliphatic carbocycles. The fraction of sp³-hybridized carbons (Fsp3) is 0.750. The van der Waals surface area contributed by atoms with Crippen LogP contribution in [0.25, 0.3) is 0 Å². The van der Waals surface area contributed by atoms with Gasteiger partial charge in [-0.3, -0.25) is 4.79 Å². The van der Waals surface area contributed by atoms with Crippen molar-refractivity contribution in [2.75, 3.05) is 26.2 Å². The molecule has 1 rings (SSSR count). The molecule has 1 aliphatic rings. The Morgan fingerprint density at radius 2 is 1.79 bits per heavy atom. The number of hydrogen-bond acceptors (Lipinski definition) is 4. The number of nitrogens with one attached hydrogen (secondary N) is 1. The Hall–Kier alpha value is -0.100. The number of carboxylic acid groups (broad SMARTS) is 1. The van der Waals surface area contributed by atoms with E-state index in [0.717, 1.165) is 13.1 Å². The van der Waals surface area contributed by atoms with Crippen molar-refractivity contribution in [3.63, 3.8) is 0 Å². The maximum absolute atomic E-state index is 11.3. The maximum Gasteiger partial charge on any atom is 1.00 e. The summed E-state index contributed by atoms with van der Waals surface area (Å²) in [6, 6.07) is 0. The van der Waals surface area contributed by atoms with Crippen LogP contribution in [0.1, 0.15) is 12.8 Å². The SMILES string of the molecule is O=C([O-])CCC(=O)N1CCNCC1.[Na+]. The molecule has 5 nitrogen and oxygen atoms in total. The van der Waals surface area contributed by atoms with Crippen LogP contribution in [0.2, 0.25) is 0 Å². The second-order valence-corrected chi connectivity index (χ2v) is 3.00. The van der Waals surface area contributed by atoms with Crippen LogP contribution in [0.5, 0.6) is 0 Å². The van der Waals surface area contributed by atoms with Crippen molar-refractivity contribution in [2.24, 2.45) is 0 Å². The van der Waals surface area contributed by atoms with Gasteiger partial charge in [-0.15, -0.1) is 0 Å². The van der Waals surface area contributed by atoms with Crippen LogP contribution in [0, 0.1) is 0 Å². The zero-order chi connectivity index (χ0) is 9.68. The van der Waals surface area contributed by atoms with Crippen LogP contribution in [-0.4, -0.2) is 43.0 Å². The Kier molecular flexibility index (Phi) is 7.17. The number of aliphatic carboxylic acids is 1. The summed E-state index contributed by atoms with van der Waals surface area (Å²) in [5.74, 6) is -1.26. The molecule has 74 valence electrons. The fourth-order valence-corrected chi connectivity index (χ4v) is 1.28. The molecule has 0 saturated carbocycles. The van der Waals surface area contributed by atoms with Crippen molar-refractivity contribution in [2.45, 2.75) is 12.8 Å². The van der Waals surface area contributed by atoms with E-state index in [2.05, 4.69) is 5.32 Å². The van der Waals surface area contributed by atoms with Crippen molar-refractivity contribution >= 4 is 11.9 Å².